The summed E-state index contributed by atoms with van der Waals surface area (Å²) >= 11 is 0. The fourth-order valence-corrected chi connectivity index (χ4v) is 3.49. The van der Waals surface area contributed by atoms with E-state index in [1.807, 2.05) is 0 Å². The summed E-state index contributed by atoms with van der Waals surface area (Å²) in [7, 11) is 0. The first-order chi connectivity index (χ1) is 11.8. The van der Waals surface area contributed by atoms with E-state index in [9.17, 15) is 19.7 Å². The van der Waals surface area contributed by atoms with Crippen molar-refractivity contribution in [2.75, 3.05) is 13.1 Å². The molecule has 2 aromatic rings. The van der Waals surface area contributed by atoms with E-state index in [1.54, 1.807) is 4.90 Å². The lowest BCUT2D eigenvalue weighted by atomic mass is 9.92. The van der Waals surface area contributed by atoms with Gasteiger partial charge in [0.1, 0.15) is 6.54 Å². The molecule has 3 rings (SSSR count). The van der Waals surface area contributed by atoms with Crippen molar-refractivity contribution in [1.29, 1.82) is 0 Å². The number of amides is 1. The Balaban J connectivity index is 1.85. The van der Waals surface area contributed by atoms with Gasteiger partial charge in [-0.15, -0.1) is 0 Å². The van der Waals surface area contributed by atoms with Gasteiger partial charge in [-0.05, 0) is 24.3 Å². The number of nitrogens with zero attached hydrogens (tertiary/aromatic N) is 4. The average molecular weight is 344 g/mol. The molecule has 1 aliphatic heterocycles. The molecule has 1 aromatic carbocycles. The molecule has 1 fully saturated rings. The number of likely N-dealkylation sites (tertiary alicyclic amines) is 1. The van der Waals surface area contributed by atoms with Crippen LogP contribution in [0.1, 0.15) is 20.3 Å². The molecule has 0 saturated carbocycles. The van der Waals surface area contributed by atoms with Crippen molar-refractivity contribution >= 4 is 22.5 Å². The van der Waals surface area contributed by atoms with Crippen LogP contribution < -0.4 is 5.56 Å². The average Bonchev–Trinajstić information content (AvgIpc) is 2.56. The zero-order valence-electron chi connectivity index (χ0n) is 14.2. The predicted molar refractivity (Wildman–Crippen MR) is 92.2 cm³/mol. The summed E-state index contributed by atoms with van der Waals surface area (Å²) in [6.45, 7) is 5.56. The number of carbonyl (C=O) groups is 1. The van der Waals surface area contributed by atoms with Gasteiger partial charge in [0.2, 0.25) is 5.91 Å². The van der Waals surface area contributed by atoms with E-state index < -0.39 is 4.92 Å². The van der Waals surface area contributed by atoms with E-state index in [0.29, 0.717) is 24.9 Å². The van der Waals surface area contributed by atoms with E-state index in [-0.39, 0.29) is 34.6 Å². The minimum Gasteiger partial charge on any atom is -0.341 e. The molecule has 2 unspecified atom stereocenters. The molecule has 1 saturated heterocycles. The maximum atomic E-state index is 12.5. The second-order valence-corrected chi connectivity index (χ2v) is 6.88. The molecular weight excluding hydrogens is 324 g/mol. The molecule has 0 radical (unpaired) electrons. The summed E-state index contributed by atoms with van der Waals surface area (Å²) in [5, 5.41) is 11.1. The molecular formula is C17H20N4O4. The van der Waals surface area contributed by atoms with Crippen molar-refractivity contribution < 1.29 is 9.72 Å². The van der Waals surface area contributed by atoms with Gasteiger partial charge < -0.3 is 4.90 Å². The molecule has 132 valence electrons. The highest BCUT2D eigenvalue weighted by Crippen LogP contribution is 2.21. The Kier molecular flexibility index (Phi) is 4.52. The van der Waals surface area contributed by atoms with Crippen LogP contribution in [0.4, 0.5) is 5.69 Å². The topological polar surface area (TPSA) is 98.3 Å². The zero-order chi connectivity index (χ0) is 18.1. The van der Waals surface area contributed by atoms with Crippen molar-refractivity contribution in [3.63, 3.8) is 0 Å². The Labute approximate surface area is 144 Å². The van der Waals surface area contributed by atoms with Gasteiger partial charge in [-0.1, -0.05) is 13.8 Å². The Bertz CT molecular complexity index is 882. The highest BCUT2D eigenvalue weighted by Gasteiger charge is 2.25. The summed E-state index contributed by atoms with van der Waals surface area (Å²) in [5.41, 5.74) is -0.237. The molecule has 0 aliphatic carbocycles. The smallest absolute Gasteiger partial charge is 0.271 e. The van der Waals surface area contributed by atoms with Gasteiger partial charge in [0.25, 0.3) is 11.2 Å². The Morgan fingerprint density at radius 2 is 2.00 bits per heavy atom. The van der Waals surface area contributed by atoms with Crippen molar-refractivity contribution in [1.82, 2.24) is 14.5 Å². The second-order valence-electron chi connectivity index (χ2n) is 6.88. The van der Waals surface area contributed by atoms with Crippen LogP contribution in [0.15, 0.2) is 29.3 Å². The number of rotatable bonds is 3. The van der Waals surface area contributed by atoms with Gasteiger partial charge in [0.15, 0.2) is 0 Å². The number of aromatic nitrogens is 2. The minimum absolute atomic E-state index is 0.0712. The van der Waals surface area contributed by atoms with Crippen LogP contribution in [0.3, 0.4) is 0 Å². The fraction of sp³-hybridized carbons (Fsp3) is 0.471. The van der Waals surface area contributed by atoms with Crippen molar-refractivity contribution in [2.45, 2.75) is 26.8 Å². The number of carbonyl (C=O) groups excluding carboxylic acids is 1. The van der Waals surface area contributed by atoms with Crippen molar-refractivity contribution in [3.8, 4) is 0 Å². The Morgan fingerprint density at radius 3 is 2.64 bits per heavy atom. The monoisotopic (exact) mass is 344 g/mol. The highest BCUT2D eigenvalue weighted by atomic mass is 16.6. The van der Waals surface area contributed by atoms with Gasteiger partial charge in [-0.25, -0.2) is 4.98 Å². The van der Waals surface area contributed by atoms with E-state index in [0.717, 1.165) is 6.42 Å². The maximum absolute atomic E-state index is 12.5. The number of fused-ring (bicyclic) bond motifs is 1. The largest absolute Gasteiger partial charge is 0.341 e. The lowest BCUT2D eigenvalue weighted by molar-refractivity contribution is -0.384. The number of hydrogen-bond donors (Lipinski definition) is 0. The zero-order valence-corrected chi connectivity index (χ0v) is 14.2. The standard InChI is InChI=1S/C17H20N4O4/c1-11-5-12(2)8-19(7-11)16(22)9-20-10-18-15-6-13(21(24)25)3-4-14(15)17(20)23/h3-4,6,10-12H,5,7-9H2,1-2H3. The number of non-ortho nitro benzene ring substituents is 1. The number of nitro benzene ring substituents is 1. The first-order valence-corrected chi connectivity index (χ1v) is 8.26. The van der Waals surface area contributed by atoms with Crippen LogP contribution in [0.2, 0.25) is 0 Å². The molecule has 8 heteroatoms. The van der Waals surface area contributed by atoms with Gasteiger partial charge in [0.05, 0.1) is 22.2 Å². The number of benzene rings is 1. The summed E-state index contributed by atoms with van der Waals surface area (Å²) in [6.07, 6.45) is 2.38. The van der Waals surface area contributed by atoms with Gasteiger partial charge >= 0.3 is 0 Å². The lowest BCUT2D eigenvalue weighted by Gasteiger charge is -2.35. The van der Waals surface area contributed by atoms with Crippen molar-refractivity contribution in [3.05, 3.63) is 45.0 Å². The molecule has 25 heavy (non-hydrogen) atoms. The molecule has 0 bridgehead atoms. The van der Waals surface area contributed by atoms with Gasteiger partial charge in [0, 0.05) is 25.2 Å². The summed E-state index contributed by atoms with van der Waals surface area (Å²) in [5.74, 6) is 0.781. The van der Waals surface area contributed by atoms with E-state index >= 15 is 0 Å². The minimum atomic E-state index is -0.533. The molecule has 1 amide bonds. The molecule has 8 nitrogen and oxygen atoms in total. The summed E-state index contributed by atoms with van der Waals surface area (Å²) in [4.78, 5) is 41.3. The fourth-order valence-electron chi connectivity index (χ4n) is 3.49. The van der Waals surface area contributed by atoms with E-state index in [1.165, 1.54) is 29.1 Å². The number of piperidine rings is 1. The third-order valence-electron chi connectivity index (χ3n) is 4.55. The first-order valence-electron chi connectivity index (χ1n) is 8.26. The number of hydrogen-bond acceptors (Lipinski definition) is 5. The van der Waals surface area contributed by atoms with Crippen LogP contribution in [0, 0.1) is 22.0 Å². The molecule has 2 atom stereocenters. The first kappa shape index (κ1) is 17.1. The van der Waals surface area contributed by atoms with Crippen LogP contribution in [-0.4, -0.2) is 38.4 Å². The molecule has 2 heterocycles. The highest BCUT2D eigenvalue weighted by molar-refractivity contribution is 5.80. The Morgan fingerprint density at radius 1 is 1.32 bits per heavy atom. The van der Waals surface area contributed by atoms with Crippen LogP contribution in [-0.2, 0) is 11.3 Å². The predicted octanol–water partition coefficient (Wildman–Crippen LogP) is 1.81. The van der Waals surface area contributed by atoms with Crippen LogP contribution >= 0.6 is 0 Å². The van der Waals surface area contributed by atoms with Gasteiger partial charge in [-0.3, -0.25) is 24.3 Å². The molecule has 1 aliphatic rings. The Hall–Kier alpha value is -2.77. The maximum Gasteiger partial charge on any atom is 0.271 e. The van der Waals surface area contributed by atoms with Gasteiger partial charge in [-0.2, -0.15) is 0 Å². The summed E-state index contributed by atoms with van der Waals surface area (Å²) in [6, 6.07) is 3.91. The van der Waals surface area contributed by atoms with Crippen LogP contribution in [0.25, 0.3) is 10.9 Å². The molecule has 1 aromatic heterocycles. The normalized spacial score (nSPS) is 20.6. The molecule has 0 spiro atoms. The molecule has 0 N–H and O–H groups in total. The van der Waals surface area contributed by atoms with E-state index in [4.69, 9.17) is 0 Å². The van der Waals surface area contributed by atoms with Crippen LogP contribution in [0.5, 0.6) is 0 Å². The summed E-state index contributed by atoms with van der Waals surface area (Å²) < 4.78 is 1.26. The lowest BCUT2D eigenvalue weighted by Crippen LogP contribution is -2.44. The third-order valence-corrected chi connectivity index (χ3v) is 4.55. The SMILES string of the molecule is CC1CC(C)CN(C(=O)Cn2cnc3cc([N+](=O)[O-])ccc3c2=O)C1. The third kappa shape index (κ3) is 3.52. The number of nitro groups is 1. The van der Waals surface area contributed by atoms with E-state index in [2.05, 4.69) is 18.8 Å². The second kappa shape index (κ2) is 6.62. The quantitative estimate of drug-likeness (QED) is 0.625. The van der Waals surface area contributed by atoms with Crippen molar-refractivity contribution in [2.24, 2.45) is 11.8 Å².